The summed E-state index contributed by atoms with van der Waals surface area (Å²) >= 11 is 0. The molecule has 0 aliphatic heterocycles. The monoisotopic (exact) mass is 303 g/mol. The fourth-order valence-electron chi connectivity index (χ4n) is 1.93. The lowest BCUT2D eigenvalue weighted by atomic mass is 10.0. The van der Waals surface area contributed by atoms with Crippen LogP contribution in [0.25, 0.3) is 0 Å². The zero-order valence-electron chi connectivity index (χ0n) is 11.3. The summed E-state index contributed by atoms with van der Waals surface area (Å²) in [7, 11) is 0. The molecule has 0 radical (unpaired) electrons. The minimum Gasteiger partial charge on any atom is -0.479 e. The molecule has 0 saturated heterocycles. The number of para-hydroxylation sites is 2. The van der Waals surface area contributed by atoms with Crippen molar-refractivity contribution in [1.82, 2.24) is 0 Å². The van der Waals surface area contributed by atoms with Crippen LogP contribution in [0, 0.1) is 10.1 Å². The Labute approximate surface area is 125 Å². The van der Waals surface area contributed by atoms with Crippen molar-refractivity contribution in [3.8, 4) is 5.75 Å². The Morgan fingerprint density at radius 3 is 2.27 bits per heavy atom. The number of rotatable bonds is 6. The Morgan fingerprint density at radius 2 is 1.68 bits per heavy atom. The summed E-state index contributed by atoms with van der Waals surface area (Å²) in [6.45, 7) is 0. The number of carbonyl (C=O) groups is 1. The quantitative estimate of drug-likeness (QED) is 0.625. The molecule has 0 aliphatic carbocycles. The van der Waals surface area contributed by atoms with E-state index < -0.39 is 23.1 Å². The largest absolute Gasteiger partial charge is 0.479 e. The van der Waals surface area contributed by atoms with Crippen molar-refractivity contribution < 1.29 is 24.7 Å². The van der Waals surface area contributed by atoms with Gasteiger partial charge in [-0.25, -0.2) is 4.79 Å². The number of carboxylic acids is 1. The highest BCUT2D eigenvalue weighted by atomic mass is 16.6. The molecule has 2 aromatic carbocycles. The van der Waals surface area contributed by atoms with E-state index >= 15 is 0 Å². The lowest BCUT2D eigenvalue weighted by Gasteiger charge is -2.21. The average molecular weight is 303 g/mol. The normalized spacial score (nSPS) is 13.1. The molecule has 2 aromatic rings. The van der Waals surface area contributed by atoms with Crippen molar-refractivity contribution in [1.29, 1.82) is 0 Å². The first kappa shape index (κ1) is 15.5. The predicted molar refractivity (Wildman–Crippen MR) is 76.6 cm³/mol. The van der Waals surface area contributed by atoms with Gasteiger partial charge < -0.3 is 14.9 Å². The van der Waals surface area contributed by atoms with Gasteiger partial charge in [0.05, 0.1) is 4.92 Å². The molecular weight excluding hydrogens is 290 g/mol. The van der Waals surface area contributed by atoms with Crippen LogP contribution >= 0.6 is 0 Å². The summed E-state index contributed by atoms with van der Waals surface area (Å²) < 4.78 is 5.44. The van der Waals surface area contributed by atoms with Crippen molar-refractivity contribution in [2.75, 3.05) is 0 Å². The molecule has 0 spiro atoms. The highest BCUT2D eigenvalue weighted by molar-refractivity contribution is 5.73. The predicted octanol–water partition coefficient (Wildman–Crippen LogP) is 2.16. The summed E-state index contributed by atoms with van der Waals surface area (Å²) in [5.74, 6) is -1.59. The van der Waals surface area contributed by atoms with E-state index in [9.17, 15) is 20.0 Å². The van der Waals surface area contributed by atoms with E-state index in [1.165, 1.54) is 24.3 Å². The Bertz CT molecular complexity index is 673. The van der Waals surface area contributed by atoms with Gasteiger partial charge in [0.1, 0.15) is 0 Å². The van der Waals surface area contributed by atoms with Crippen molar-refractivity contribution in [3.05, 3.63) is 70.3 Å². The van der Waals surface area contributed by atoms with Crippen LogP contribution in [0.3, 0.4) is 0 Å². The summed E-state index contributed by atoms with van der Waals surface area (Å²) in [6, 6.07) is 13.8. The van der Waals surface area contributed by atoms with Gasteiger partial charge in [-0.2, -0.15) is 0 Å². The highest BCUT2D eigenvalue weighted by Gasteiger charge is 2.31. The molecule has 0 saturated carbocycles. The van der Waals surface area contributed by atoms with E-state index in [-0.39, 0.29) is 11.4 Å². The second-order valence-electron chi connectivity index (χ2n) is 4.46. The van der Waals surface area contributed by atoms with Gasteiger partial charge in [0.25, 0.3) is 0 Å². The van der Waals surface area contributed by atoms with Gasteiger partial charge in [0.15, 0.2) is 18.0 Å². The van der Waals surface area contributed by atoms with E-state index in [2.05, 4.69) is 0 Å². The molecule has 0 aliphatic rings. The van der Waals surface area contributed by atoms with Crippen LogP contribution in [0.5, 0.6) is 5.75 Å². The first-order valence-electron chi connectivity index (χ1n) is 6.36. The Balaban J connectivity index is 2.40. The standard InChI is InChI=1S/C15H13NO6/c17-13(15(18)19)14(10-6-2-1-3-7-10)22-12-9-5-4-8-11(12)16(20)21/h1-9,13-14,17H,(H,18,19). The zero-order chi connectivity index (χ0) is 16.1. The summed E-state index contributed by atoms with van der Waals surface area (Å²) in [4.78, 5) is 21.4. The van der Waals surface area contributed by atoms with Gasteiger partial charge >= 0.3 is 11.7 Å². The van der Waals surface area contributed by atoms with Crippen LogP contribution in [0.1, 0.15) is 11.7 Å². The van der Waals surface area contributed by atoms with Crippen LogP contribution < -0.4 is 4.74 Å². The Hall–Kier alpha value is -2.93. The van der Waals surface area contributed by atoms with Crippen LogP contribution in [-0.4, -0.2) is 27.2 Å². The number of aliphatic hydroxyl groups excluding tert-OH is 1. The molecule has 2 unspecified atom stereocenters. The first-order valence-corrected chi connectivity index (χ1v) is 6.36. The molecule has 0 heterocycles. The molecule has 2 atom stereocenters. The number of carboxylic acid groups (broad SMARTS) is 1. The third kappa shape index (κ3) is 3.39. The van der Waals surface area contributed by atoms with E-state index in [0.717, 1.165) is 0 Å². The van der Waals surface area contributed by atoms with Gasteiger partial charge in [0.2, 0.25) is 0 Å². The second-order valence-corrected chi connectivity index (χ2v) is 4.46. The molecule has 0 bridgehead atoms. The average Bonchev–Trinajstić information content (AvgIpc) is 2.53. The van der Waals surface area contributed by atoms with Gasteiger partial charge in [-0.3, -0.25) is 10.1 Å². The second kappa shape index (κ2) is 6.68. The van der Waals surface area contributed by atoms with Crippen molar-refractivity contribution in [2.24, 2.45) is 0 Å². The van der Waals surface area contributed by atoms with Crippen molar-refractivity contribution in [3.63, 3.8) is 0 Å². The van der Waals surface area contributed by atoms with Crippen LogP contribution in [-0.2, 0) is 4.79 Å². The number of nitro benzene ring substituents is 1. The number of ether oxygens (including phenoxy) is 1. The van der Waals surface area contributed by atoms with Gasteiger partial charge in [0, 0.05) is 6.07 Å². The number of hydrogen-bond acceptors (Lipinski definition) is 5. The number of benzene rings is 2. The number of aliphatic carboxylic acids is 1. The molecule has 7 nitrogen and oxygen atoms in total. The smallest absolute Gasteiger partial charge is 0.336 e. The zero-order valence-corrected chi connectivity index (χ0v) is 11.3. The van der Waals surface area contributed by atoms with Crippen LogP contribution in [0.4, 0.5) is 5.69 Å². The lowest BCUT2D eigenvalue weighted by molar-refractivity contribution is -0.386. The number of nitro groups is 1. The minimum atomic E-state index is -1.86. The summed E-state index contributed by atoms with van der Waals surface area (Å²) in [6.07, 6.45) is -3.12. The molecule has 7 heteroatoms. The van der Waals surface area contributed by atoms with Crippen molar-refractivity contribution in [2.45, 2.75) is 12.2 Å². The highest BCUT2D eigenvalue weighted by Crippen LogP contribution is 2.32. The minimum absolute atomic E-state index is 0.110. The molecule has 0 fully saturated rings. The summed E-state index contributed by atoms with van der Waals surface area (Å²) in [5, 5.41) is 29.8. The maximum absolute atomic E-state index is 11.1. The van der Waals surface area contributed by atoms with Crippen molar-refractivity contribution >= 4 is 11.7 Å². The molecule has 114 valence electrons. The van der Waals surface area contributed by atoms with E-state index in [1.807, 2.05) is 0 Å². The third-order valence-corrected chi connectivity index (χ3v) is 2.98. The SMILES string of the molecule is O=C(O)C(O)C(Oc1ccccc1[N+](=O)[O-])c1ccccc1. The molecule has 22 heavy (non-hydrogen) atoms. The molecule has 0 amide bonds. The Kier molecular flexibility index (Phi) is 4.70. The topological polar surface area (TPSA) is 110 Å². The third-order valence-electron chi connectivity index (χ3n) is 2.98. The van der Waals surface area contributed by atoms with Gasteiger partial charge in [-0.05, 0) is 11.6 Å². The first-order chi connectivity index (χ1) is 10.5. The van der Waals surface area contributed by atoms with E-state index in [1.54, 1.807) is 30.3 Å². The van der Waals surface area contributed by atoms with E-state index in [0.29, 0.717) is 5.56 Å². The number of aliphatic hydroxyl groups is 1. The Morgan fingerprint density at radius 1 is 1.09 bits per heavy atom. The fraction of sp³-hybridized carbons (Fsp3) is 0.133. The van der Waals surface area contributed by atoms with Gasteiger partial charge in [-0.1, -0.05) is 42.5 Å². The molecular formula is C15H13NO6. The summed E-state index contributed by atoms with van der Waals surface area (Å²) in [5.41, 5.74) is 0.0940. The maximum Gasteiger partial charge on any atom is 0.336 e. The number of nitrogens with zero attached hydrogens (tertiary/aromatic N) is 1. The van der Waals surface area contributed by atoms with E-state index in [4.69, 9.17) is 9.84 Å². The fourth-order valence-corrected chi connectivity index (χ4v) is 1.93. The lowest BCUT2D eigenvalue weighted by Crippen LogP contribution is -2.31. The van der Waals surface area contributed by atoms with Crippen LogP contribution in [0.2, 0.25) is 0 Å². The maximum atomic E-state index is 11.1. The van der Waals surface area contributed by atoms with Gasteiger partial charge in [-0.15, -0.1) is 0 Å². The number of hydrogen-bond donors (Lipinski definition) is 2. The molecule has 2 rings (SSSR count). The molecule has 0 aromatic heterocycles. The van der Waals surface area contributed by atoms with Crippen LogP contribution in [0.15, 0.2) is 54.6 Å². The molecule has 2 N–H and O–H groups in total.